The summed E-state index contributed by atoms with van der Waals surface area (Å²) in [7, 11) is -4.24. The number of nitrogens with zero attached hydrogens (tertiary/aromatic N) is 1. The number of hydrogen-bond acceptors (Lipinski definition) is 4. The average Bonchev–Trinajstić information content (AvgIpc) is 2.97. The second kappa shape index (κ2) is 9.81. The van der Waals surface area contributed by atoms with E-state index in [4.69, 9.17) is 4.74 Å². The molecule has 1 aliphatic rings. The summed E-state index contributed by atoms with van der Waals surface area (Å²) in [5.41, 5.74) is 1.35. The minimum atomic E-state index is -4.61. The molecular weight excluding hydrogens is 491 g/mol. The monoisotopic (exact) mass is 515 g/mol. The summed E-state index contributed by atoms with van der Waals surface area (Å²) in [6.07, 6.45) is -1.90. The van der Waals surface area contributed by atoms with Crippen LogP contribution in [0.1, 0.15) is 23.6 Å². The van der Waals surface area contributed by atoms with Gasteiger partial charge in [0.25, 0.3) is 10.0 Å². The fraction of sp³-hybridized carbons (Fsp3) is 0.222. The lowest BCUT2D eigenvalue weighted by Crippen LogP contribution is -2.40. The van der Waals surface area contributed by atoms with Crippen molar-refractivity contribution < 1.29 is 31.1 Å². The summed E-state index contributed by atoms with van der Waals surface area (Å²) in [5, 5.41) is 0. The van der Waals surface area contributed by atoms with E-state index in [-0.39, 0.29) is 29.2 Å². The first-order valence-corrected chi connectivity index (χ1v) is 12.7. The number of alkyl halides is 3. The number of halogens is 3. The fourth-order valence-electron chi connectivity index (χ4n) is 4.23. The Labute approximate surface area is 207 Å². The predicted molar refractivity (Wildman–Crippen MR) is 131 cm³/mol. The first-order valence-electron chi connectivity index (χ1n) is 11.3. The van der Waals surface area contributed by atoms with Crippen LogP contribution in [0, 0.1) is 6.92 Å². The first-order chi connectivity index (χ1) is 17.0. The smallest absolute Gasteiger partial charge is 0.416 e. The Morgan fingerprint density at radius 1 is 1.06 bits per heavy atom. The summed E-state index contributed by atoms with van der Waals surface area (Å²) in [6.45, 7) is 3.61. The molecule has 0 saturated heterocycles. The number of rotatable bonds is 5. The fourth-order valence-corrected chi connectivity index (χ4v) is 5.85. The van der Waals surface area contributed by atoms with E-state index in [1.165, 1.54) is 24.3 Å². The number of sulfonamides is 1. The van der Waals surface area contributed by atoms with Crippen LogP contribution >= 0.6 is 0 Å². The van der Waals surface area contributed by atoms with Crippen molar-refractivity contribution in [1.82, 2.24) is 0 Å². The summed E-state index contributed by atoms with van der Waals surface area (Å²) >= 11 is 0. The lowest BCUT2D eigenvalue weighted by Gasteiger charge is -2.31. The molecular formula is C27H24F3NO4S. The predicted octanol–water partition coefficient (Wildman–Crippen LogP) is 5.92. The highest BCUT2D eigenvalue weighted by atomic mass is 32.2. The molecule has 1 aliphatic heterocycles. The number of esters is 1. The first kappa shape index (κ1) is 25.5. The third-order valence-electron chi connectivity index (χ3n) is 5.92. The molecule has 9 heteroatoms. The van der Waals surface area contributed by atoms with Crippen molar-refractivity contribution in [2.45, 2.75) is 37.4 Å². The van der Waals surface area contributed by atoms with Crippen molar-refractivity contribution in [3.8, 4) is 11.1 Å². The zero-order valence-electron chi connectivity index (χ0n) is 19.6. The summed E-state index contributed by atoms with van der Waals surface area (Å²) in [4.78, 5) is 12.1. The number of anilines is 1. The van der Waals surface area contributed by atoms with Crippen molar-refractivity contribution in [2.75, 3.05) is 10.9 Å². The van der Waals surface area contributed by atoms with Crippen LogP contribution in [0.15, 0.2) is 83.8 Å². The molecule has 0 spiro atoms. The maximum absolute atomic E-state index is 14.0. The number of aryl methyl sites for hydroxylation is 1. The van der Waals surface area contributed by atoms with Crippen LogP contribution in [0.25, 0.3) is 11.1 Å². The van der Waals surface area contributed by atoms with Crippen LogP contribution in [0.2, 0.25) is 0 Å². The molecule has 0 bridgehead atoms. The molecule has 36 heavy (non-hydrogen) atoms. The Morgan fingerprint density at radius 3 is 2.42 bits per heavy atom. The van der Waals surface area contributed by atoms with Crippen molar-refractivity contribution in [2.24, 2.45) is 0 Å². The van der Waals surface area contributed by atoms with E-state index in [1.807, 2.05) is 6.92 Å². The highest BCUT2D eigenvalue weighted by molar-refractivity contribution is 7.92. The molecule has 1 atom stereocenters. The molecule has 0 aromatic heterocycles. The van der Waals surface area contributed by atoms with Crippen molar-refractivity contribution in [3.63, 3.8) is 0 Å². The van der Waals surface area contributed by atoms with Gasteiger partial charge in [-0.2, -0.15) is 13.2 Å². The normalized spacial score (nSPS) is 15.8. The molecule has 0 amide bonds. The molecule has 4 rings (SSSR count). The van der Waals surface area contributed by atoms with Gasteiger partial charge in [-0.05, 0) is 61.7 Å². The maximum Gasteiger partial charge on any atom is 0.416 e. The Hall–Kier alpha value is -3.59. The van der Waals surface area contributed by atoms with Gasteiger partial charge < -0.3 is 4.74 Å². The molecule has 1 heterocycles. The number of benzene rings is 3. The summed E-state index contributed by atoms with van der Waals surface area (Å²) in [5.74, 6) is -0.643. The summed E-state index contributed by atoms with van der Waals surface area (Å²) < 4.78 is 74.9. The van der Waals surface area contributed by atoms with Crippen LogP contribution in [0.4, 0.5) is 18.9 Å². The number of hydrogen-bond donors (Lipinski definition) is 0. The third kappa shape index (κ3) is 5.02. The zero-order chi connectivity index (χ0) is 26.1. The van der Waals surface area contributed by atoms with Crippen LogP contribution < -0.4 is 4.31 Å². The highest BCUT2D eigenvalue weighted by Crippen LogP contribution is 2.44. The molecule has 0 fully saturated rings. The van der Waals surface area contributed by atoms with Crippen LogP contribution in [-0.2, 0) is 32.2 Å². The number of fused-ring (bicyclic) bond motifs is 3. The van der Waals surface area contributed by atoms with Crippen LogP contribution in [0.3, 0.4) is 0 Å². The SMILES string of the molecule is CCOC(=O)/C=C/C1Cc2ccccc2-c2cc(C(F)(F)F)ccc2N1S(=O)(=O)c1ccc(C)cc1. The molecule has 0 saturated carbocycles. The minimum Gasteiger partial charge on any atom is -0.463 e. The van der Waals surface area contributed by atoms with E-state index in [1.54, 1.807) is 43.3 Å². The van der Waals surface area contributed by atoms with E-state index >= 15 is 0 Å². The topological polar surface area (TPSA) is 63.7 Å². The molecule has 3 aromatic rings. The van der Waals surface area contributed by atoms with Gasteiger partial charge in [-0.3, -0.25) is 4.31 Å². The Bertz CT molecular complexity index is 1410. The number of ether oxygens (including phenoxy) is 1. The van der Waals surface area contributed by atoms with Crippen LogP contribution in [-0.4, -0.2) is 27.0 Å². The highest BCUT2D eigenvalue weighted by Gasteiger charge is 2.38. The lowest BCUT2D eigenvalue weighted by atomic mass is 9.95. The van der Waals surface area contributed by atoms with Gasteiger partial charge in [0.15, 0.2) is 0 Å². The third-order valence-corrected chi connectivity index (χ3v) is 7.77. The molecule has 0 aliphatic carbocycles. The minimum absolute atomic E-state index is 0.0144. The second-order valence-electron chi connectivity index (χ2n) is 8.38. The van der Waals surface area contributed by atoms with Gasteiger partial charge in [-0.25, -0.2) is 13.2 Å². The van der Waals surface area contributed by atoms with Crippen molar-refractivity contribution >= 4 is 21.7 Å². The summed E-state index contributed by atoms with van der Waals surface area (Å²) in [6, 6.07) is 15.2. The lowest BCUT2D eigenvalue weighted by molar-refractivity contribution is -0.138. The van der Waals surface area contributed by atoms with E-state index in [0.717, 1.165) is 28.1 Å². The largest absolute Gasteiger partial charge is 0.463 e. The van der Waals surface area contributed by atoms with Gasteiger partial charge in [-0.1, -0.05) is 48.0 Å². The molecule has 3 aromatic carbocycles. The Balaban J connectivity index is 1.99. The van der Waals surface area contributed by atoms with E-state index < -0.39 is 33.8 Å². The standard InChI is InChI=1S/C27H24F3NO4S/c1-3-35-26(32)15-11-21-16-19-6-4-5-7-23(19)24-17-20(27(28,29)30)10-14-25(24)31(21)36(33,34)22-12-8-18(2)9-13-22/h4-15,17,21H,3,16H2,1-2H3/b15-11+. The van der Waals surface area contributed by atoms with Crippen molar-refractivity contribution in [1.29, 1.82) is 0 Å². The molecule has 188 valence electrons. The van der Waals surface area contributed by atoms with Crippen LogP contribution in [0.5, 0.6) is 0 Å². The quantitative estimate of drug-likeness (QED) is 0.313. The molecule has 5 nitrogen and oxygen atoms in total. The van der Waals surface area contributed by atoms with Gasteiger partial charge in [0, 0.05) is 11.6 Å². The van der Waals surface area contributed by atoms with E-state index in [0.29, 0.717) is 11.1 Å². The Morgan fingerprint density at radius 2 is 1.75 bits per heavy atom. The zero-order valence-corrected chi connectivity index (χ0v) is 20.4. The van der Waals surface area contributed by atoms with Gasteiger partial charge in [-0.15, -0.1) is 0 Å². The number of carbonyl (C=O) groups excluding carboxylic acids is 1. The Kier molecular flexibility index (Phi) is 6.95. The molecule has 0 radical (unpaired) electrons. The van der Waals surface area contributed by atoms with Gasteiger partial charge >= 0.3 is 12.1 Å². The van der Waals surface area contributed by atoms with Gasteiger partial charge in [0.1, 0.15) is 0 Å². The van der Waals surface area contributed by atoms with E-state index in [2.05, 4.69) is 0 Å². The molecule has 1 unspecified atom stereocenters. The number of carbonyl (C=O) groups is 1. The maximum atomic E-state index is 14.0. The van der Waals surface area contributed by atoms with Crippen molar-refractivity contribution in [3.05, 3.63) is 95.6 Å². The van der Waals surface area contributed by atoms with Gasteiger partial charge in [0.2, 0.25) is 0 Å². The second-order valence-corrected chi connectivity index (χ2v) is 10.2. The average molecular weight is 516 g/mol. The van der Waals surface area contributed by atoms with E-state index in [9.17, 15) is 26.4 Å². The van der Waals surface area contributed by atoms with Gasteiger partial charge in [0.05, 0.1) is 28.8 Å². The molecule has 0 N–H and O–H groups in total.